The molecule has 0 aliphatic heterocycles. The van der Waals surface area contributed by atoms with E-state index in [1.807, 2.05) is 66.7 Å². The van der Waals surface area contributed by atoms with Crippen molar-refractivity contribution in [1.29, 1.82) is 0 Å². The van der Waals surface area contributed by atoms with Crippen LogP contribution in [0.1, 0.15) is 52.7 Å². The quantitative estimate of drug-likeness (QED) is 0.152. The molecule has 0 saturated carbocycles. The van der Waals surface area contributed by atoms with E-state index >= 15 is 0 Å². The number of furan rings is 2. The van der Waals surface area contributed by atoms with Gasteiger partial charge in [-0.2, -0.15) is 0 Å². The highest BCUT2D eigenvalue weighted by Crippen LogP contribution is 2.48. The number of para-hydroxylation sites is 2. The molecule has 0 radical (unpaired) electrons. The zero-order valence-electron chi connectivity index (χ0n) is 36.0. The first-order chi connectivity index (χ1) is 30.3. The van der Waals surface area contributed by atoms with Gasteiger partial charge in [0.15, 0.2) is 0 Å². The number of hydrogen-bond acceptors (Lipinski definition) is 5. The summed E-state index contributed by atoms with van der Waals surface area (Å²) in [6.45, 7) is 13.3. The van der Waals surface area contributed by atoms with E-state index in [1.165, 1.54) is 11.1 Å². The van der Waals surface area contributed by atoms with Crippen molar-refractivity contribution in [3.8, 4) is 11.5 Å². The van der Waals surface area contributed by atoms with E-state index < -0.39 is 0 Å². The molecule has 0 bridgehead atoms. The van der Waals surface area contributed by atoms with E-state index in [1.54, 1.807) is 6.07 Å². The molecule has 0 fully saturated rings. The Hall–Kier alpha value is -6.66. The van der Waals surface area contributed by atoms with Crippen molar-refractivity contribution in [2.75, 3.05) is 9.80 Å². The summed E-state index contributed by atoms with van der Waals surface area (Å²) in [6.07, 6.45) is 0. The number of hydrogen-bond donors (Lipinski definition) is 0. The van der Waals surface area contributed by atoms with Crippen LogP contribution in [0, 0.1) is 0 Å². The van der Waals surface area contributed by atoms with Crippen molar-refractivity contribution in [2.45, 2.75) is 52.4 Å². The Morgan fingerprint density at radius 1 is 0.413 bits per heavy atom. The Balaban J connectivity index is 1.07. The fourth-order valence-corrected chi connectivity index (χ4v) is 8.84. The number of rotatable bonds is 8. The highest BCUT2D eigenvalue weighted by Gasteiger charge is 2.24. The summed E-state index contributed by atoms with van der Waals surface area (Å²) in [5.74, 6) is 1.02. The second-order valence-corrected chi connectivity index (χ2v) is 19.0. The summed E-state index contributed by atoms with van der Waals surface area (Å²) in [5, 5.41) is 5.09. The number of nitrogens with zero attached hydrogens (tertiary/aromatic N) is 2. The molecule has 0 spiro atoms. The van der Waals surface area contributed by atoms with Gasteiger partial charge in [0.05, 0.1) is 5.69 Å². The second kappa shape index (κ2) is 15.6. The van der Waals surface area contributed by atoms with Gasteiger partial charge in [-0.1, -0.05) is 131 Å². The van der Waals surface area contributed by atoms with Crippen molar-refractivity contribution in [2.24, 2.45) is 0 Å². The van der Waals surface area contributed by atoms with Gasteiger partial charge < -0.3 is 23.4 Å². The predicted molar refractivity (Wildman–Crippen MR) is 264 cm³/mol. The van der Waals surface area contributed by atoms with Gasteiger partial charge in [-0.3, -0.25) is 0 Å². The van der Waals surface area contributed by atoms with E-state index in [0.717, 1.165) is 72.3 Å². The van der Waals surface area contributed by atoms with Gasteiger partial charge in [-0.15, -0.1) is 0 Å². The standard InChI is InChI=1S/C56H46Cl2N2O3/c1-55(2,3)35-18-22-38(23-19-35)59(41-27-29-51-47(33-41)45-15-8-10-17-50(45)62-51)40-12-11-13-43(32-40)61-53-31-37(57)30-48(54(53)58)60(39-24-20-36(21-25-39)56(4,5)6)42-26-28-46-44-14-7-9-16-49(44)63-52(46)34-42/h7-34H,1-6H3. The average Bonchev–Trinajstić information content (AvgIpc) is 3.83. The third-order valence-electron chi connectivity index (χ3n) is 11.8. The van der Waals surface area contributed by atoms with Crippen molar-refractivity contribution < 1.29 is 13.6 Å². The van der Waals surface area contributed by atoms with Gasteiger partial charge in [0.1, 0.15) is 38.9 Å². The maximum absolute atomic E-state index is 7.48. The van der Waals surface area contributed by atoms with Crippen LogP contribution < -0.4 is 14.5 Å². The molecule has 0 aliphatic rings. The molecule has 0 atom stereocenters. The number of benzene rings is 8. The molecule has 0 N–H and O–H groups in total. The number of ether oxygens (including phenoxy) is 1. The number of fused-ring (bicyclic) bond motifs is 6. The molecule has 8 aromatic carbocycles. The van der Waals surface area contributed by atoms with Crippen LogP contribution in [0.3, 0.4) is 0 Å². The summed E-state index contributed by atoms with van der Waals surface area (Å²) in [4.78, 5) is 4.35. The van der Waals surface area contributed by atoms with Crippen LogP contribution in [0.5, 0.6) is 11.5 Å². The Morgan fingerprint density at radius 3 is 1.57 bits per heavy atom. The maximum atomic E-state index is 7.48. The third kappa shape index (κ3) is 7.66. The molecule has 0 amide bonds. The lowest BCUT2D eigenvalue weighted by Crippen LogP contribution is -2.13. The average molecular weight is 866 g/mol. The number of anilines is 6. The van der Waals surface area contributed by atoms with Crippen LogP contribution in [0.4, 0.5) is 34.1 Å². The summed E-state index contributed by atoms with van der Waals surface area (Å²) in [6, 6.07) is 57.9. The first-order valence-corrected chi connectivity index (χ1v) is 21.9. The third-order valence-corrected chi connectivity index (χ3v) is 12.3. The lowest BCUT2D eigenvalue weighted by atomic mass is 9.87. The SMILES string of the molecule is CC(C)(C)c1ccc(N(c2cccc(Oc3cc(Cl)cc(N(c4ccc(C(C)(C)C)cc4)c4ccc5c(c4)oc4ccccc45)c3Cl)c2)c2ccc3oc4ccccc4c3c2)cc1. The zero-order chi connectivity index (χ0) is 43.6. The molecule has 10 aromatic rings. The lowest BCUT2D eigenvalue weighted by molar-refractivity contribution is 0.483. The molecule has 312 valence electrons. The second-order valence-electron chi connectivity index (χ2n) is 18.2. The Labute approximate surface area is 377 Å². The Bertz CT molecular complexity index is 3320. The van der Waals surface area contributed by atoms with Crippen molar-refractivity contribution in [1.82, 2.24) is 0 Å². The molecule has 63 heavy (non-hydrogen) atoms. The fourth-order valence-electron chi connectivity index (χ4n) is 8.40. The topological polar surface area (TPSA) is 42.0 Å². The molecule has 0 unspecified atom stereocenters. The van der Waals surface area contributed by atoms with Gasteiger partial charge in [0.2, 0.25) is 0 Å². The molecular weight excluding hydrogens is 820 g/mol. The Kier molecular flexibility index (Phi) is 10.0. The Morgan fingerprint density at radius 2 is 0.921 bits per heavy atom. The maximum Gasteiger partial charge on any atom is 0.149 e. The first kappa shape index (κ1) is 40.4. The van der Waals surface area contributed by atoms with Gasteiger partial charge in [-0.05, 0) is 107 Å². The van der Waals surface area contributed by atoms with Crippen LogP contribution in [-0.2, 0) is 10.8 Å². The zero-order valence-corrected chi connectivity index (χ0v) is 37.6. The summed E-state index contributed by atoms with van der Waals surface area (Å²) < 4.78 is 19.4. The van der Waals surface area contributed by atoms with E-state index in [-0.39, 0.29) is 10.8 Å². The van der Waals surface area contributed by atoms with Crippen LogP contribution in [-0.4, -0.2) is 0 Å². The molecular formula is C56H46Cl2N2O3. The molecule has 0 saturated heterocycles. The minimum absolute atomic E-state index is 0.00640. The number of halogens is 2. The lowest BCUT2D eigenvalue weighted by Gasteiger charge is -2.28. The minimum Gasteiger partial charge on any atom is -0.456 e. The molecule has 5 nitrogen and oxygen atoms in total. The van der Waals surface area contributed by atoms with Crippen LogP contribution in [0.2, 0.25) is 10.0 Å². The summed E-state index contributed by atoms with van der Waals surface area (Å²) >= 11 is 14.5. The van der Waals surface area contributed by atoms with E-state index in [4.69, 9.17) is 36.8 Å². The largest absolute Gasteiger partial charge is 0.456 e. The first-order valence-electron chi connectivity index (χ1n) is 21.2. The van der Waals surface area contributed by atoms with Crippen molar-refractivity contribution >= 4 is 101 Å². The molecule has 10 rings (SSSR count). The van der Waals surface area contributed by atoms with Gasteiger partial charge in [-0.25, -0.2) is 0 Å². The van der Waals surface area contributed by atoms with E-state index in [0.29, 0.717) is 27.2 Å². The van der Waals surface area contributed by atoms with Gasteiger partial charge in [0, 0.05) is 73.2 Å². The van der Waals surface area contributed by atoms with Crippen molar-refractivity contribution in [3.63, 3.8) is 0 Å². The monoisotopic (exact) mass is 864 g/mol. The summed E-state index contributed by atoms with van der Waals surface area (Å²) in [5.41, 5.74) is 11.1. The molecule has 7 heteroatoms. The molecule has 0 aliphatic carbocycles. The molecule has 2 aromatic heterocycles. The van der Waals surface area contributed by atoms with Gasteiger partial charge in [0.25, 0.3) is 0 Å². The normalized spacial score (nSPS) is 12.1. The van der Waals surface area contributed by atoms with Gasteiger partial charge >= 0.3 is 0 Å². The van der Waals surface area contributed by atoms with Crippen LogP contribution in [0.25, 0.3) is 43.9 Å². The summed E-state index contributed by atoms with van der Waals surface area (Å²) in [7, 11) is 0. The smallest absolute Gasteiger partial charge is 0.149 e. The van der Waals surface area contributed by atoms with Crippen LogP contribution in [0.15, 0.2) is 179 Å². The highest BCUT2D eigenvalue weighted by molar-refractivity contribution is 6.37. The van der Waals surface area contributed by atoms with E-state index in [9.17, 15) is 0 Å². The fraction of sp³-hybridized carbons (Fsp3) is 0.143. The minimum atomic E-state index is -0.0222. The highest BCUT2D eigenvalue weighted by atomic mass is 35.5. The van der Waals surface area contributed by atoms with Crippen molar-refractivity contribution in [3.05, 3.63) is 191 Å². The predicted octanol–water partition coefficient (Wildman–Crippen LogP) is 18.1. The molecule has 2 heterocycles. The van der Waals surface area contributed by atoms with E-state index in [2.05, 4.69) is 148 Å². The van der Waals surface area contributed by atoms with Crippen LogP contribution >= 0.6 is 23.2 Å².